The Morgan fingerprint density at radius 1 is 1.27 bits per heavy atom. The third kappa shape index (κ3) is 6.95. The molecule has 0 heterocycles. The monoisotopic (exact) mass is 651 g/mol. The second kappa shape index (κ2) is 11.7. The minimum atomic E-state index is -1.09. The van der Waals surface area contributed by atoms with Crippen LogP contribution in [0.4, 0.5) is 0 Å². The van der Waals surface area contributed by atoms with E-state index in [4.69, 9.17) is 4.74 Å². The van der Waals surface area contributed by atoms with Crippen LogP contribution in [0.2, 0.25) is 0 Å². The molecule has 0 bridgehead atoms. The van der Waals surface area contributed by atoms with Crippen molar-refractivity contribution in [2.24, 2.45) is 0 Å². The molecule has 9 heteroatoms. The van der Waals surface area contributed by atoms with E-state index in [1.807, 2.05) is 13.0 Å². The van der Waals surface area contributed by atoms with Crippen molar-refractivity contribution in [2.75, 3.05) is 13.2 Å². The zero-order chi connectivity index (χ0) is 16.0. The Labute approximate surface area is 192 Å². The number of hydrogen-bond acceptors (Lipinski definition) is 4. The Morgan fingerprint density at radius 2 is 1.91 bits per heavy atom. The van der Waals surface area contributed by atoms with E-state index in [9.17, 15) is 14.7 Å². The van der Waals surface area contributed by atoms with Gasteiger partial charge in [0.2, 0.25) is 0 Å². The van der Waals surface area contributed by atoms with Gasteiger partial charge in [0, 0.05) is 16.1 Å². The molecule has 1 N–H and O–H groups in total. The summed E-state index contributed by atoms with van der Waals surface area (Å²) in [5, 5.41) is 13.2. The summed E-state index contributed by atoms with van der Waals surface area (Å²) in [7, 11) is 0. The van der Waals surface area contributed by atoms with Crippen molar-refractivity contribution in [2.45, 2.75) is 19.8 Å². The van der Waals surface area contributed by atoms with Crippen LogP contribution in [-0.4, -0.2) is 25.0 Å². The van der Waals surface area contributed by atoms with E-state index in [0.717, 1.165) is 10.7 Å². The molecular formula is C13H13I3NNaO4. The number of carbonyl (C=O) groups is 2. The van der Waals surface area contributed by atoms with Gasteiger partial charge in [-0.2, -0.15) is 0 Å². The number of carboxylic acid groups (broad SMARTS) is 1. The molecule has 0 fully saturated rings. The Balaban J connectivity index is 0.00000441. The van der Waals surface area contributed by atoms with Crippen molar-refractivity contribution in [1.82, 2.24) is 5.32 Å². The summed E-state index contributed by atoms with van der Waals surface area (Å²) in [6, 6.07) is 1.88. The van der Waals surface area contributed by atoms with Gasteiger partial charge < -0.3 is 20.0 Å². The van der Waals surface area contributed by atoms with Crippen LogP contribution >= 0.6 is 67.8 Å². The van der Waals surface area contributed by atoms with Gasteiger partial charge in [-0.1, -0.05) is 0 Å². The fraction of sp³-hybridized carbons (Fsp3) is 0.385. The molecule has 0 spiro atoms. The van der Waals surface area contributed by atoms with E-state index >= 15 is 0 Å². The van der Waals surface area contributed by atoms with Crippen LogP contribution in [-0.2, 0) is 4.79 Å². The van der Waals surface area contributed by atoms with Crippen molar-refractivity contribution in [3.05, 3.63) is 22.3 Å². The molecule has 1 amide bonds. The number of halogens is 3. The maximum absolute atomic E-state index is 12.1. The summed E-state index contributed by atoms with van der Waals surface area (Å²) >= 11 is 6.36. The fourth-order valence-corrected chi connectivity index (χ4v) is 5.72. The molecule has 0 aliphatic rings. The standard InChI is InChI=1S/C13H14I3NO4.Na/c1-2-17-13(20)10-7(14)6-8(15)12(11(10)16)21-5-3-4-9(18)19;/h6H,2-5H2,1H3,(H,17,20)(H,18,19);/q;+1/p-1. The zero-order valence-corrected chi connectivity index (χ0v) is 20.6. The molecule has 0 radical (unpaired) electrons. The van der Waals surface area contributed by atoms with Crippen LogP contribution in [0.3, 0.4) is 0 Å². The van der Waals surface area contributed by atoms with Crippen molar-refractivity contribution < 1.29 is 49.0 Å². The molecule has 0 atom stereocenters. The first-order valence-corrected chi connectivity index (χ1v) is 9.40. The van der Waals surface area contributed by atoms with Crippen LogP contribution in [0.1, 0.15) is 30.1 Å². The molecule has 0 aliphatic heterocycles. The predicted octanol–water partition coefficient (Wildman–Crippen LogP) is -0.837. The average molecular weight is 651 g/mol. The minimum Gasteiger partial charge on any atom is -0.550 e. The molecule has 22 heavy (non-hydrogen) atoms. The predicted molar refractivity (Wildman–Crippen MR) is 102 cm³/mol. The van der Waals surface area contributed by atoms with Gasteiger partial charge in [-0.15, -0.1) is 0 Å². The van der Waals surface area contributed by atoms with E-state index < -0.39 is 5.97 Å². The van der Waals surface area contributed by atoms with Crippen molar-refractivity contribution >= 4 is 79.6 Å². The van der Waals surface area contributed by atoms with Gasteiger partial charge in [0.05, 0.1) is 19.3 Å². The topological polar surface area (TPSA) is 78.5 Å². The largest absolute Gasteiger partial charge is 1.00 e. The Hall–Kier alpha value is 1.15. The number of benzene rings is 1. The number of carbonyl (C=O) groups excluding carboxylic acids is 2. The van der Waals surface area contributed by atoms with Crippen LogP contribution in [0.15, 0.2) is 6.07 Å². The van der Waals surface area contributed by atoms with E-state index in [-0.39, 0.29) is 48.5 Å². The molecule has 0 aromatic heterocycles. The second-order valence-electron chi connectivity index (χ2n) is 4.04. The normalized spacial score (nSPS) is 9.82. The Morgan fingerprint density at radius 3 is 2.45 bits per heavy atom. The summed E-state index contributed by atoms with van der Waals surface area (Å²) in [6.07, 6.45) is 0.331. The summed E-state index contributed by atoms with van der Waals surface area (Å²) in [5.41, 5.74) is 0.591. The van der Waals surface area contributed by atoms with Crippen LogP contribution < -0.4 is 44.7 Å². The van der Waals surface area contributed by atoms with E-state index in [0.29, 0.717) is 24.3 Å². The van der Waals surface area contributed by atoms with Gasteiger partial charge in [0.25, 0.3) is 5.91 Å². The molecule has 0 saturated carbocycles. The second-order valence-corrected chi connectivity index (χ2v) is 7.44. The molecule has 0 unspecified atom stereocenters. The van der Waals surface area contributed by atoms with Gasteiger partial charge in [-0.25, -0.2) is 0 Å². The first-order valence-electron chi connectivity index (χ1n) is 6.16. The average Bonchev–Trinajstić information content (AvgIpc) is 2.37. The summed E-state index contributed by atoms with van der Waals surface area (Å²) in [6.45, 7) is 2.69. The van der Waals surface area contributed by atoms with E-state index in [1.165, 1.54) is 0 Å². The third-order valence-electron chi connectivity index (χ3n) is 2.46. The van der Waals surface area contributed by atoms with Crippen LogP contribution in [0.25, 0.3) is 0 Å². The number of aliphatic carboxylic acids is 1. The Kier molecular flexibility index (Phi) is 12.3. The fourth-order valence-electron chi connectivity index (χ4n) is 1.55. The Bertz CT molecular complexity index is 555. The SMILES string of the molecule is CCNC(=O)c1c(I)cc(I)c(OCCCC(=O)[O-])c1I.[Na+]. The first-order chi connectivity index (χ1) is 9.88. The van der Waals surface area contributed by atoms with E-state index in [1.54, 1.807) is 0 Å². The van der Waals surface area contributed by atoms with Crippen molar-refractivity contribution in [3.8, 4) is 5.75 Å². The van der Waals surface area contributed by atoms with Gasteiger partial charge in [-0.05, 0) is 93.6 Å². The van der Waals surface area contributed by atoms with Crippen molar-refractivity contribution in [3.63, 3.8) is 0 Å². The molecule has 1 aromatic rings. The van der Waals surface area contributed by atoms with Crippen molar-refractivity contribution in [1.29, 1.82) is 0 Å². The minimum absolute atomic E-state index is 0. The number of rotatable bonds is 7. The molecule has 1 rings (SSSR count). The molecule has 1 aromatic carbocycles. The zero-order valence-electron chi connectivity index (χ0n) is 12.2. The number of carboxylic acids is 1. The maximum atomic E-state index is 12.1. The van der Waals surface area contributed by atoms with E-state index in [2.05, 4.69) is 73.1 Å². The number of amides is 1. The van der Waals surface area contributed by atoms with Gasteiger partial charge in [-0.3, -0.25) is 4.79 Å². The first kappa shape index (κ1) is 23.1. The maximum Gasteiger partial charge on any atom is 1.00 e. The summed E-state index contributed by atoms with van der Waals surface area (Å²) < 4.78 is 8.14. The quantitative estimate of drug-likeness (QED) is 0.238. The summed E-state index contributed by atoms with van der Waals surface area (Å²) in [4.78, 5) is 22.5. The van der Waals surface area contributed by atoms with Gasteiger partial charge >= 0.3 is 29.6 Å². The molecule has 0 saturated heterocycles. The smallest absolute Gasteiger partial charge is 0.550 e. The third-order valence-corrected chi connectivity index (χ3v) is 5.15. The summed E-state index contributed by atoms with van der Waals surface area (Å²) in [5.74, 6) is -0.605. The van der Waals surface area contributed by atoms with Gasteiger partial charge in [0.1, 0.15) is 5.75 Å². The molecule has 0 aliphatic carbocycles. The molecule has 116 valence electrons. The molecular weight excluding hydrogens is 638 g/mol. The number of ether oxygens (including phenoxy) is 1. The number of nitrogens with one attached hydrogen (secondary N) is 1. The number of hydrogen-bond donors (Lipinski definition) is 1. The van der Waals surface area contributed by atoms with Crippen LogP contribution in [0, 0.1) is 10.7 Å². The van der Waals surface area contributed by atoms with Crippen LogP contribution in [0.5, 0.6) is 5.75 Å². The molecule has 5 nitrogen and oxygen atoms in total. The van der Waals surface area contributed by atoms with Gasteiger partial charge in [0.15, 0.2) is 0 Å².